The number of nitrogens with one attached hydrogen (secondary N) is 2. The number of H-pyrrole nitrogens is 2. The normalized spacial score (nSPS) is 19.8. The predicted octanol–water partition coefficient (Wildman–Crippen LogP) is -1.29. The summed E-state index contributed by atoms with van der Waals surface area (Å²) in [6, 6.07) is -1.46. The zero-order valence-electron chi connectivity index (χ0n) is 14.3. The third-order valence-electron chi connectivity index (χ3n) is 3.97. The van der Waals surface area contributed by atoms with Gasteiger partial charge in [-0.3, -0.25) is 29.4 Å². The van der Waals surface area contributed by atoms with Gasteiger partial charge in [0.25, 0.3) is 11.5 Å². The Bertz CT molecular complexity index is 1060. The molecule has 140 valence electrons. The highest BCUT2D eigenvalue weighted by atomic mass is 16.3. The molecule has 1 saturated heterocycles. The van der Waals surface area contributed by atoms with Crippen molar-refractivity contribution in [2.24, 2.45) is 15.2 Å². The zero-order valence-corrected chi connectivity index (χ0v) is 14.3. The monoisotopic (exact) mass is 375 g/mol. The van der Waals surface area contributed by atoms with Crippen molar-refractivity contribution in [3.8, 4) is 5.88 Å². The van der Waals surface area contributed by atoms with Crippen molar-refractivity contribution in [1.29, 1.82) is 0 Å². The second-order valence-corrected chi connectivity index (χ2v) is 5.67. The van der Waals surface area contributed by atoms with Crippen LogP contribution in [0.2, 0.25) is 0 Å². The number of guanidine groups is 1. The molecule has 2 aliphatic heterocycles. The van der Waals surface area contributed by atoms with E-state index < -0.39 is 40.8 Å². The van der Waals surface area contributed by atoms with Crippen LogP contribution in [0.3, 0.4) is 0 Å². The molecule has 3 amide bonds. The van der Waals surface area contributed by atoms with Gasteiger partial charge in [0, 0.05) is 18.7 Å². The Kier molecular flexibility index (Phi) is 4.27. The van der Waals surface area contributed by atoms with Crippen LogP contribution in [0, 0.1) is 0 Å². The van der Waals surface area contributed by atoms with E-state index in [1.54, 1.807) is 0 Å². The Hall–Kier alpha value is -3.90. The van der Waals surface area contributed by atoms with E-state index in [4.69, 9.17) is 0 Å². The molecule has 1 aromatic heterocycles. The molecule has 0 spiro atoms. The first kappa shape index (κ1) is 17.9. The summed E-state index contributed by atoms with van der Waals surface area (Å²) in [5, 5.41) is 17.0. The van der Waals surface area contributed by atoms with Crippen LogP contribution in [-0.4, -0.2) is 79.9 Å². The van der Waals surface area contributed by atoms with Crippen LogP contribution >= 0.6 is 0 Å². The molecule has 1 fully saturated rings. The number of carbonyl (C=O) groups is 2. The lowest BCUT2D eigenvalue weighted by atomic mass is 10.1. The van der Waals surface area contributed by atoms with Crippen LogP contribution in [0.15, 0.2) is 37.5 Å². The molecule has 0 saturated carbocycles. The highest BCUT2D eigenvalue weighted by Gasteiger charge is 2.51. The minimum absolute atomic E-state index is 0.0388. The first-order valence-corrected chi connectivity index (χ1v) is 7.62. The Morgan fingerprint density at radius 1 is 1.30 bits per heavy atom. The number of rotatable bonds is 3. The van der Waals surface area contributed by atoms with Crippen LogP contribution in [0.25, 0.3) is 0 Å². The average Bonchev–Trinajstić information content (AvgIpc) is 2.93. The van der Waals surface area contributed by atoms with Gasteiger partial charge in [-0.15, -0.1) is 6.58 Å². The summed E-state index contributed by atoms with van der Waals surface area (Å²) in [5.74, 6) is -1.18. The Morgan fingerprint density at radius 3 is 2.63 bits per heavy atom. The zero-order chi connectivity index (χ0) is 19.9. The van der Waals surface area contributed by atoms with Crippen LogP contribution in [0.4, 0.5) is 10.5 Å². The average molecular weight is 375 g/mol. The Morgan fingerprint density at radius 2 is 2.00 bits per heavy atom. The van der Waals surface area contributed by atoms with E-state index in [2.05, 4.69) is 21.8 Å². The van der Waals surface area contributed by atoms with E-state index in [0.29, 0.717) is 0 Å². The quantitative estimate of drug-likeness (QED) is 0.339. The minimum Gasteiger partial charge on any atom is -0.493 e. The SMILES string of the molecule is C=CCN1C(=O)C2C(=NC(N=Nc3c(O)[nH]c(=O)[nH]c3=O)=[N+]2C)N(C)C1=O. The van der Waals surface area contributed by atoms with E-state index in [1.165, 1.54) is 29.6 Å². The number of aromatic amines is 2. The number of hydrogen-bond donors (Lipinski definition) is 3. The van der Waals surface area contributed by atoms with E-state index in [1.807, 2.05) is 9.97 Å². The highest BCUT2D eigenvalue weighted by molar-refractivity contribution is 6.22. The number of nitrogens with zero attached hydrogens (tertiary/aromatic N) is 6. The van der Waals surface area contributed by atoms with E-state index in [9.17, 15) is 24.3 Å². The number of amides is 3. The molecule has 27 heavy (non-hydrogen) atoms. The fourth-order valence-electron chi connectivity index (χ4n) is 2.63. The first-order valence-electron chi connectivity index (χ1n) is 7.62. The van der Waals surface area contributed by atoms with Gasteiger partial charge in [0.15, 0.2) is 0 Å². The van der Waals surface area contributed by atoms with E-state index in [-0.39, 0.29) is 18.3 Å². The van der Waals surface area contributed by atoms with Gasteiger partial charge in [0.2, 0.25) is 23.4 Å². The molecule has 13 nitrogen and oxygen atoms in total. The summed E-state index contributed by atoms with van der Waals surface area (Å²) in [6.07, 6.45) is 1.43. The summed E-state index contributed by atoms with van der Waals surface area (Å²) in [5.41, 5.74) is -2.39. The fraction of sp³-hybridized carbons (Fsp3) is 0.286. The first-order chi connectivity index (χ1) is 12.8. The number of likely N-dealkylation sites (N-methyl/N-ethyl adjacent to an activating group) is 2. The Balaban J connectivity index is 2.00. The van der Waals surface area contributed by atoms with Gasteiger partial charge in [-0.25, -0.2) is 14.2 Å². The standard InChI is InChI=1S/C14H14N8O5/c1-4-5-22-11(25)7-8(21(3)14(22)27)15-12(20(7)2)19-18-6-9(23)16-13(26)17-10(6)24/h4,7H,1,5H2,2-3H3,(H2,16,17,23,24,26)/p+1. The number of carbonyl (C=O) groups excluding carboxylic acids is 2. The van der Waals surface area contributed by atoms with Crippen molar-refractivity contribution < 1.29 is 19.3 Å². The van der Waals surface area contributed by atoms with Crippen molar-refractivity contribution in [2.45, 2.75) is 6.04 Å². The van der Waals surface area contributed by atoms with Gasteiger partial charge in [0.05, 0.1) is 7.05 Å². The van der Waals surface area contributed by atoms with Gasteiger partial charge >= 0.3 is 17.7 Å². The molecular weight excluding hydrogens is 360 g/mol. The van der Waals surface area contributed by atoms with Gasteiger partial charge in [-0.2, -0.15) is 0 Å². The fourth-order valence-corrected chi connectivity index (χ4v) is 2.63. The van der Waals surface area contributed by atoms with E-state index in [0.717, 1.165) is 4.90 Å². The molecule has 1 unspecified atom stereocenters. The molecule has 3 heterocycles. The summed E-state index contributed by atoms with van der Waals surface area (Å²) in [4.78, 5) is 57.9. The minimum atomic E-state index is -0.952. The maximum atomic E-state index is 12.6. The molecule has 3 N–H and O–H groups in total. The van der Waals surface area contributed by atoms with Gasteiger partial charge < -0.3 is 5.11 Å². The van der Waals surface area contributed by atoms with Gasteiger partial charge in [0.1, 0.15) is 0 Å². The molecule has 13 heteroatoms. The lowest BCUT2D eigenvalue weighted by Gasteiger charge is -2.32. The van der Waals surface area contributed by atoms with Crippen molar-refractivity contribution in [2.75, 3.05) is 20.6 Å². The molecule has 2 aliphatic rings. The van der Waals surface area contributed by atoms with Crippen molar-refractivity contribution >= 4 is 29.4 Å². The lowest BCUT2D eigenvalue weighted by Crippen LogP contribution is -2.62. The number of aliphatic imine (C=N–C) groups is 1. The van der Waals surface area contributed by atoms with Crippen molar-refractivity contribution in [3.63, 3.8) is 0 Å². The second-order valence-electron chi connectivity index (χ2n) is 5.67. The van der Waals surface area contributed by atoms with Crippen LogP contribution in [0.1, 0.15) is 0 Å². The molecule has 0 aromatic carbocycles. The smallest absolute Gasteiger partial charge is 0.453 e. The van der Waals surface area contributed by atoms with Crippen LogP contribution in [0.5, 0.6) is 5.88 Å². The number of azo groups is 1. The lowest BCUT2D eigenvalue weighted by molar-refractivity contribution is -0.506. The third-order valence-corrected chi connectivity index (χ3v) is 3.97. The predicted molar refractivity (Wildman–Crippen MR) is 91.3 cm³/mol. The van der Waals surface area contributed by atoms with Gasteiger partial charge in [-0.05, 0) is 4.99 Å². The number of imide groups is 1. The maximum absolute atomic E-state index is 12.6. The second kappa shape index (κ2) is 6.44. The Labute approximate surface area is 150 Å². The summed E-state index contributed by atoms with van der Waals surface area (Å²) in [7, 11) is 2.98. The summed E-state index contributed by atoms with van der Waals surface area (Å²) in [6.45, 7) is 3.56. The largest absolute Gasteiger partial charge is 0.493 e. The number of fused-ring (bicyclic) bond motifs is 1. The molecule has 1 aromatic rings. The molecule has 0 bridgehead atoms. The molecule has 0 radical (unpaired) electrons. The molecular formula is C14H15N8O5+. The topological polar surface area (TPSA) is 167 Å². The highest BCUT2D eigenvalue weighted by Crippen LogP contribution is 2.21. The molecule has 0 aliphatic carbocycles. The number of urea groups is 1. The molecule has 3 rings (SSSR count). The van der Waals surface area contributed by atoms with Crippen LogP contribution < -0.4 is 11.2 Å². The molecule has 1 atom stereocenters. The number of amidine groups is 1. The van der Waals surface area contributed by atoms with E-state index >= 15 is 0 Å². The van der Waals surface area contributed by atoms with Crippen LogP contribution in [-0.2, 0) is 4.79 Å². The number of hydrogen-bond acceptors (Lipinski definition) is 8. The number of aromatic hydroxyl groups is 1. The summed E-state index contributed by atoms with van der Waals surface area (Å²) < 4.78 is 1.37. The van der Waals surface area contributed by atoms with Gasteiger partial charge in [-0.1, -0.05) is 11.2 Å². The van der Waals surface area contributed by atoms with Crippen molar-refractivity contribution in [3.05, 3.63) is 33.5 Å². The maximum Gasteiger partial charge on any atom is 0.453 e. The summed E-state index contributed by atoms with van der Waals surface area (Å²) >= 11 is 0. The third kappa shape index (κ3) is 2.84. The number of aromatic nitrogens is 2. The van der Waals surface area contributed by atoms with Crippen molar-refractivity contribution in [1.82, 2.24) is 19.8 Å².